The lowest BCUT2D eigenvalue weighted by atomic mass is 9.81. The van der Waals surface area contributed by atoms with E-state index < -0.39 is 30.7 Å². The molecular weight excluding hydrogens is 527 g/mol. The molecule has 3 atom stereocenters. The van der Waals surface area contributed by atoms with E-state index in [0.29, 0.717) is 35.0 Å². The van der Waals surface area contributed by atoms with Crippen LogP contribution < -0.4 is 10.1 Å². The molecule has 4 heterocycles. The van der Waals surface area contributed by atoms with E-state index in [1.54, 1.807) is 12.1 Å². The van der Waals surface area contributed by atoms with Gasteiger partial charge in [0.25, 0.3) is 5.91 Å². The molecule has 2 saturated heterocycles. The van der Waals surface area contributed by atoms with Gasteiger partial charge in [0.2, 0.25) is 11.8 Å². The van der Waals surface area contributed by atoms with Gasteiger partial charge in [-0.05, 0) is 57.4 Å². The molecule has 1 saturated carbocycles. The lowest BCUT2D eigenvalue weighted by molar-refractivity contribution is -0.270. The molecule has 2 aliphatic heterocycles. The fraction of sp³-hybridized carbons (Fsp3) is 0.600. The van der Waals surface area contributed by atoms with E-state index in [2.05, 4.69) is 20.5 Å². The number of hydrogen-bond donors (Lipinski definition) is 3. The largest absolute Gasteiger partial charge is 0.481 e. The van der Waals surface area contributed by atoms with Crippen molar-refractivity contribution < 1.29 is 32.6 Å². The highest BCUT2D eigenvalue weighted by Gasteiger charge is 2.55. The molecule has 206 valence electrons. The minimum absolute atomic E-state index is 0.0702. The Labute approximate surface area is 222 Å². The first kappa shape index (κ1) is 26.7. The van der Waals surface area contributed by atoms with Crippen molar-refractivity contribution in [2.45, 2.75) is 81.3 Å². The molecule has 9 nitrogen and oxygen atoms in total. The molecule has 38 heavy (non-hydrogen) atoms. The number of H-pyrrole nitrogens is 1. The molecule has 0 aromatic carbocycles. The lowest BCUT2D eigenvalue weighted by Crippen LogP contribution is -2.53. The van der Waals surface area contributed by atoms with Gasteiger partial charge in [-0.3, -0.25) is 14.7 Å². The van der Waals surface area contributed by atoms with Crippen molar-refractivity contribution in [1.29, 1.82) is 0 Å². The minimum Gasteiger partial charge on any atom is -0.481 e. The first-order valence-electron chi connectivity index (χ1n) is 12.7. The van der Waals surface area contributed by atoms with E-state index in [1.807, 2.05) is 4.90 Å². The maximum absolute atomic E-state index is 13.4. The molecule has 2 bridgehead atoms. The van der Waals surface area contributed by atoms with Crippen LogP contribution in [-0.4, -0.2) is 74.0 Å². The molecular formula is C25H29ClF3N5O4. The predicted molar refractivity (Wildman–Crippen MR) is 130 cm³/mol. The van der Waals surface area contributed by atoms with Crippen LogP contribution in [0, 0.1) is 5.92 Å². The number of amides is 2. The number of nitrogens with one attached hydrogen (secondary N) is 2. The quantitative estimate of drug-likeness (QED) is 0.515. The van der Waals surface area contributed by atoms with E-state index in [0.717, 1.165) is 12.8 Å². The molecule has 2 amide bonds. The Kier molecular flexibility index (Phi) is 7.06. The van der Waals surface area contributed by atoms with E-state index in [4.69, 9.17) is 16.3 Å². The van der Waals surface area contributed by atoms with Gasteiger partial charge in [0, 0.05) is 35.7 Å². The monoisotopic (exact) mass is 555 g/mol. The normalized spacial score (nSPS) is 29.3. The topological polar surface area (TPSA) is 120 Å². The Bertz CT molecular complexity index is 1200. The van der Waals surface area contributed by atoms with Crippen LogP contribution in [0.4, 0.5) is 13.2 Å². The number of aliphatic hydroxyl groups is 1. The number of rotatable bonds is 5. The fourth-order valence-electron chi connectivity index (χ4n) is 6.00. The molecule has 3 N–H and O–H groups in total. The van der Waals surface area contributed by atoms with Gasteiger partial charge in [0.15, 0.2) is 11.3 Å². The van der Waals surface area contributed by atoms with Crippen molar-refractivity contribution in [2.75, 3.05) is 7.11 Å². The van der Waals surface area contributed by atoms with Gasteiger partial charge in [-0.2, -0.15) is 18.3 Å². The molecule has 1 aliphatic carbocycles. The maximum Gasteiger partial charge on any atom is 0.417 e. The van der Waals surface area contributed by atoms with Gasteiger partial charge >= 0.3 is 6.18 Å². The van der Waals surface area contributed by atoms with Crippen molar-refractivity contribution in [2.24, 2.45) is 5.92 Å². The number of carbonyl (C=O) groups excluding carboxylic acids is 2. The van der Waals surface area contributed by atoms with Crippen LogP contribution in [0.15, 0.2) is 18.3 Å². The van der Waals surface area contributed by atoms with Crippen molar-refractivity contribution >= 4 is 23.4 Å². The van der Waals surface area contributed by atoms with Crippen LogP contribution in [0.25, 0.3) is 11.3 Å². The number of fused-ring (bicyclic) bond motifs is 2. The van der Waals surface area contributed by atoms with Gasteiger partial charge in [-0.25, -0.2) is 4.98 Å². The molecule has 3 aliphatic rings. The van der Waals surface area contributed by atoms with Crippen LogP contribution in [0.5, 0.6) is 5.88 Å². The Morgan fingerprint density at radius 3 is 2.45 bits per heavy atom. The zero-order valence-corrected chi connectivity index (χ0v) is 21.5. The first-order chi connectivity index (χ1) is 18.0. The van der Waals surface area contributed by atoms with E-state index in [9.17, 15) is 27.9 Å². The molecule has 0 spiro atoms. The summed E-state index contributed by atoms with van der Waals surface area (Å²) in [4.78, 5) is 32.3. The molecule has 0 radical (unpaired) electrons. The summed E-state index contributed by atoms with van der Waals surface area (Å²) in [5, 5.41) is 20.2. The number of halogens is 4. The predicted octanol–water partition coefficient (Wildman–Crippen LogP) is 3.87. The highest BCUT2D eigenvalue weighted by Crippen LogP contribution is 2.43. The lowest BCUT2D eigenvalue weighted by Gasteiger charge is -2.40. The number of hydrogen-bond acceptors (Lipinski definition) is 6. The summed E-state index contributed by atoms with van der Waals surface area (Å²) in [6.07, 6.45) is -1.42. The first-order valence-corrected chi connectivity index (χ1v) is 13.0. The molecule has 2 aromatic rings. The summed E-state index contributed by atoms with van der Waals surface area (Å²) in [6.45, 7) is 0. The average molecular weight is 556 g/mol. The van der Waals surface area contributed by atoms with E-state index in [1.165, 1.54) is 13.3 Å². The molecule has 2 aromatic heterocycles. The smallest absolute Gasteiger partial charge is 0.417 e. The SMILES string of the molecule is COc1cc(-c2cc(C(=O)N3[C@@H]4CC[C@H]3C[C@H](C(=O)N[C@H]3CC[C@](O)(C(F)(F)F)CC3)C4)n[nH]2)c(Cl)cn1. The fourth-order valence-corrected chi connectivity index (χ4v) is 6.21. The zero-order valence-electron chi connectivity index (χ0n) is 20.7. The van der Waals surface area contributed by atoms with Crippen molar-refractivity contribution in [1.82, 2.24) is 25.4 Å². The van der Waals surface area contributed by atoms with Gasteiger partial charge in [0.1, 0.15) is 0 Å². The molecule has 3 fully saturated rings. The Hall–Kier alpha value is -2.86. The summed E-state index contributed by atoms with van der Waals surface area (Å²) in [5.74, 6) is -0.373. The van der Waals surface area contributed by atoms with Crippen LogP contribution in [0.1, 0.15) is 61.9 Å². The van der Waals surface area contributed by atoms with Crippen LogP contribution in [0.2, 0.25) is 5.02 Å². The van der Waals surface area contributed by atoms with Gasteiger partial charge < -0.3 is 20.1 Å². The van der Waals surface area contributed by atoms with Gasteiger partial charge in [0.05, 0.1) is 24.0 Å². The van der Waals surface area contributed by atoms with Crippen molar-refractivity contribution in [3.05, 3.63) is 29.0 Å². The number of aromatic nitrogens is 3. The summed E-state index contributed by atoms with van der Waals surface area (Å²) in [5.41, 5.74) is -1.30. The Morgan fingerprint density at radius 1 is 1.18 bits per heavy atom. The molecule has 5 rings (SSSR count). The number of alkyl halides is 3. The van der Waals surface area contributed by atoms with Crippen LogP contribution in [-0.2, 0) is 4.79 Å². The number of nitrogens with zero attached hydrogens (tertiary/aromatic N) is 3. The number of piperidine rings is 1. The standard InChI is InChI=1S/C25H29ClF3N5O4/c1-38-21-10-17(18(26)12-30-21)19-11-20(33-32-19)23(36)34-15-2-3-16(34)9-13(8-15)22(35)31-14-4-6-24(37,7-5-14)25(27,28)29/h10-16,37H,2-9H2,1H3,(H,31,35)(H,32,33)/t13-,14-,15-,16+,24+. The number of aromatic amines is 1. The number of pyridine rings is 1. The highest BCUT2D eigenvalue weighted by atomic mass is 35.5. The van der Waals surface area contributed by atoms with Crippen LogP contribution in [0.3, 0.4) is 0 Å². The average Bonchev–Trinajstić information content (AvgIpc) is 3.47. The van der Waals surface area contributed by atoms with Gasteiger partial charge in [-0.15, -0.1) is 0 Å². The summed E-state index contributed by atoms with van der Waals surface area (Å²) in [6, 6.07) is 2.63. The molecule has 0 unspecified atom stereocenters. The second-order valence-corrected chi connectivity index (χ2v) is 10.9. The summed E-state index contributed by atoms with van der Waals surface area (Å²) in [7, 11) is 1.49. The third kappa shape index (κ3) is 4.95. The summed E-state index contributed by atoms with van der Waals surface area (Å²) >= 11 is 6.27. The van der Waals surface area contributed by atoms with E-state index in [-0.39, 0.29) is 48.4 Å². The highest BCUT2D eigenvalue weighted by molar-refractivity contribution is 6.33. The minimum atomic E-state index is -4.67. The second-order valence-electron chi connectivity index (χ2n) is 10.5. The van der Waals surface area contributed by atoms with E-state index >= 15 is 0 Å². The zero-order chi connectivity index (χ0) is 27.2. The third-order valence-corrected chi connectivity index (χ3v) is 8.45. The Morgan fingerprint density at radius 2 is 1.84 bits per heavy atom. The Balaban J connectivity index is 1.20. The number of carbonyl (C=O) groups is 2. The van der Waals surface area contributed by atoms with Gasteiger partial charge in [-0.1, -0.05) is 11.6 Å². The summed E-state index contributed by atoms with van der Waals surface area (Å²) < 4.78 is 44.4. The number of ether oxygens (including phenoxy) is 1. The van der Waals surface area contributed by atoms with Crippen LogP contribution >= 0.6 is 11.6 Å². The second kappa shape index (κ2) is 10.0. The third-order valence-electron chi connectivity index (χ3n) is 8.15. The molecule has 13 heteroatoms. The van der Waals surface area contributed by atoms with Crippen molar-refractivity contribution in [3.8, 4) is 17.1 Å². The number of methoxy groups -OCH3 is 1. The van der Waals surface area contributed by atoms with Crippen molar-refractivity contribution in [3.63, 3.8) is 0 Å². The maximum atomic E-state index is 13.4.